The van der Waals surface area contributed by atoms with E-state index in [0.29, 0.717) is 6.42 Å². The smallest absolute Gasteiger partial charge is 0.306 e. The Bertz CT molecular complexity index is 664. The predicted molar refractivity (Wildman–Crippen MR) is 176 cm³/mol. The Morgan fingerprint density at radius 3 is 1.63 bits per heavy atom. The van der Waals surface area contributed by atoms with Gasteiger partial charge in [0.1, 0.15) is 6.10 Å². The van der Waals surface area contributed by atoms with Crippen LogP contribution in [-0.2, 0) is 14.3 Å². The number of ether oxygens (including phenoxy) is 1. The van der Waals surface area contributed by atoms with Crippen LogP contribution in [0.2, 0.25) is 0 Å². The van der Waals surface area contributed by atoms with Crippen molar-refractivity contribution in [2.24, 2.45) is 0 Å². The van der Waals surface area contributed by atoms with Crippen LogP contribution in [0.15, 0.2) is 36.5 Å². The zero-order valence-corrected chi connectivity index (χ0v) is 27.1. The topological polar surface area (TPSA) is 63.6 Å². The molecular weight excluding hydrogens is 508 g/mol. The van der Waals surface area contributed by atoms with Gasteiger partial charge in [-0.3, -0.25) is 9.59 Å². The van der Waals surface area contributed by atoms with Crippen molar-refractivity contribution in [3.05, 3.63) is 36.5 Å². The fourth-order valence-electron chi connectivity index (χ4n) is 4.95. The lowest BCUT2D eigenvalue weighted by molar-refractivity contribution is -0.147. The number of rotatable bonds is 31. The van der Waals surface area contributed by atoms with Crippen molar-refractivity contribution in [2.75, 3.05) is 0 Å². The van der Waals surface area contributed by atoms with Gasteiger partial charge in [-0.1, -0.05) is 128 Å². The molecule has 1 unspecified atom stereocenters. The van der Waals surface area contributed by atoms with Gasteiger partial charge in [0.15, 0.2) is 0 Å². The Morgan fingerprint density at radius 1 is 0.561 bits per heavy atom. The molecule has 0 radical (unpaired) electrons. The van der Waals surface area contributed by atoms with Crippen molar-refractivity contribution in [1.82, 2.24) is 0 Å². The molecule has 0 fully saturated rings. The van der Waals surface area contributed by atoms with Crippen molar-refractivity contribution < 1.29 is 19.4 Å². The summed E-state index contributed by atoms with van der Waals surface area (Å²) in [5, 5.41) is 8.79. The SMILES string of the molecule is CCCCC/C=C\C/C=C\CCCCCCCCCC(=O)OC(/C=C\CCCCCCC)CCCCCCC(=O)O. The van der Waals surface area contributed by atoms with Crippen LogP contribution in [0.3, 0.4) is 0 Å². The lowest BCUT2D eigenvalue weighted by atomic mass is 10.1. The summed E-state index contributed by atoms with van der Waals surface area (Å²) in [4.78, 5) is 23.2. The summed E-state index contributed by atoms with van der Waals surface area (Å²) in [7, 11) is 0. The van der Waals surface area contributed by atoms with Gasteiger partial charge < -0.3 is 9.84 Å². The van der Waals surface area contributed by atoms with E-state index >= 15 is 0 Å². The Hall–Kier alpha value is -1.84. The number of carbonyl (C=O) groups is 2. The molecule has 0 amide bonds. The predicted octanol–water partition coefficient (Wildman–Crippen LogP) is 11.8. The molecule has 0 rings (SSSR count). The van der Waals surface area contributed by atoms with Gasteiger partial charge in [-0.05, 0) is 76.7 Å². The Balaban J connectivity index is 3.96. The van der Waals surface area contributed by atoms with E-state index < -0.39 is 5.97 Å². The third-order valence-corrected chi connectivity index (χ3v) is 7.57. The van der Waals surface area contributed by atoms with E-state index in [0.717, 1.165) is 57.8 Å². The normalized spacial score (nSPS) is 12.6. The maximum atomic E-state index is 12.5. The molecule has 238 valence electrons. The summed E-state index contributed by atoms with van der Waals surface area (Å²) < 4.78 is 5.84. The van der Waals surface area contributed by atoms with Gasteiger partial charge in [-0.15, -0.1) is 0 Å². The van der Waals surface area contributed by atoms with E-state index in [2.05, 4.69) is 50.3 Å². The van der Waals surface area contributed by atoms with Crippen LogP contribution in [-0.4, -0.2) is 23.1 Å². The van der Waals surface area contributed by atoms with E-state index in [1.807, 2.05) is 0 Å². The Labute approximate surface area is 254 Å². The molecule has 0 aromatic rings. The number of aliphatic carboxylic acids is 1. The maximum Gasteiger partial charge on any atom is 0.306 e. The molecule has 41 heavy (non-hydrogen) atoms. The highest BCUT2D eigenvalue weighted by atomic mass is 16.5. The molecule has 4 heteroatoms. The second-order valence-electron chi connectivity index (χ2n) is 11.7. The molecule has 0 aromatic heterocycles. The molecule has 0 saturated heterocycles. The van der Waals surface area contributed by atoms with Gasteiger partial charge in [0, 0.05) is 12.8 Å². The zero-order valence-electron chi connectivity index (χ0n) is 27.1. The summed E-state index contributed by atoms with van der Waals surface area (Å²) in [6, 6.07) is 0. The zero-order chi connectivity index (χ0) is 30.1. The van der Waals surface area contributed by atoms with Crippen molar-refractivity contribution in [1.29, 1.82) is 0 Å². The van der Waals surface area contributed by atoms with Crippen molar-refractivity contribution in [3.8, 4) is 0 Å². The van der Waals surface area contributed by atoms with Gasteiger partial charge in [0.05, 0.1) is 0 Å². The fourth-order valence-corrected chi connectivity index (χ4v) is 4.95. The highest BCUT2D eigenvalue weighted by Gasteiger charge is 2.11. The average Bonchev–Trinajstić information content (AvgIpc) is 2.95. The minimum absolute atomic E-state index is 0.0731. The van der Waals surface area contributed by atoms with E-state index in [1.165, 1.54) is 96.3 Å². The highest BCUT2D eigenvalue weighted by Crippen LogP contribution is 2.15. The quantitative estimate of drug-likeness (QED) is 0.0508. The lowest BCUT2D eigenvalue weighted by Crippen LogP contribution is -2.16. The molecular formula is C37H66O4. The molecule has 0 aliphatic carbocycles. The minimum Gasteiger partial charge on any atom is -0.481 e. The third-order valence-electron chi connectivity index (χ3n) is 7.57. The number of hydrogen-bond donors (Lipinski definition) is 1. The van der Waals surface area contributed by atoms with Gasteiger partial charge in [0.25, 0.3) is 0 Å². The van der Waals surface area contributed by atoms with E-state index in [-0.39, 0.29) is 18.5 Å². The molecule has 0 heterocycles. The monoisotopic (exact) mass is 574 g/mol. The van der Waals surface area contributed by atoms with Crippen molar-refractivity contribution in [2.45, 2.75) is 187 Å². The number of unbranched alkanes of at least 4 members (excludes halogenated alkanes) is 18. The molecule has 0 saturated carbocycles. The number of hydrogen-bond acceptors (Lipinski definition) is 3. The summed E-state index contributed by atoms with van der Waals surface area (Å²) in [5.74, 6) is -0.797. The molecule has 0 bridgehead atoms. The van der Waals surface area contributed by atoms with Gasteiger partial charge >= 0.3 is 11.9 Å². The molecule has 4 nitrogen and oxygen atoms in total. The van der Waals surface area contributed by atoms with E-state index in [1.54, 1.807) is 0 Å². The van der Waals surface area contributed by atoms with Crippen LogP contribution in [0.4, 0.5) is 0 Å². The second-order valence-corrected chi connectivity index (χ2v) is 11.7. The average molecular weight is 575 g/mol. The number of esters is 1. The summed E-state index contributed by atoms with van der Waals surface area (Å²) in [5.41, 5.74) is 0. The number of allylic oxidation sites excluding steroid dienone is 5. The standard InChI is InChI=1S/C37H66O4/c1-3-5-7-9-11-12-13-14-15-16-17-18-19-20-22-24-30-34-37(40)41-35(31-27-23-21-10-8-6-4-2)32-28-25-26-29-33-36(38)39/h11-12,14-15,27,31,35H,3-10,13,16-26,28-30,32-34H2,1-2H3,(H,38,39)/b12-11-,15-14-,31-27-. The van der Waals surface area contributed by atoms with Crippen LogP contribution in [0, 0.1) is 0 Å². The molecule has 1 atom stereocenters. The van der Waals surface area contributed by atoms with Gasteiger partial charge in [-0.25, -0.2) is 0 Å². The summed E-state index contributed by atoms with van der Waals surface area (Å²) >= 11 is 0. The lowest BCUT2D eigenvalue weighted by Gasteiger charge is -2.15. The van der Waals surface area contributed by atoms with Crippen LogP contribution in [0.25, 0.3) is 0 Å². The summed E-state index contributed by atoms with van der Waals surface area (Å²) in [6.07, 6.45) is 41.7. The molecule has 0 aliphatic heterocycles. The maximum absolute atomic E-state index is 12.5. The van der Waals surface area contributed by atoms with Gasteiger partial charge in [0.2, 0.25) is 0 Å². The first kappa shape index (κ1) is 39.2. The number of carboxylic acids is 1. The first-order chi connectivity index (χ1) is 20.1. The molecule has 1 N–H and O–H groups in total. The van der Waals surface area contributed by atoms with Crippen molar-refractivity contribution in [3.63, 3.8) is 0 Å². The third kappa shape index (κ3) is 32.5. The molecule has 0 aromatic carbocycles. The van der Waals surface area contributed by atoms with Crippen molar-refractivity contribution >= 4 is 11.9 Å². The fraction of sp³-hybridized carbons (Fsp3) is 0.784. The first-order valence-corrected chi connectivity index (χ1v) is 17.5. The first-order valence-electron chi connectivity index (χ1n) is 17.5. The number of carbonyl (C=O) groups excluding carboxylic acids is 1. The largest absolute Gasteiger partial charge is 0.481 e. The molecule has 0 spiro atoms. The summed E-state index contributed by atoms with van der Waals surface area (Å²) in [6.45, 7) is 4.48. The van der Waals surface area contributed by atoms with Crippen LogP contribution in [0.5, 0.6) is 0 Å². The van der Waals surface area contributed by atoms with Crippen LogP contribution >= 0.6 is 0 Å². The number of carboxylic acid groups (broad SMARTS) is 1. The Morgan fingerprint density at radius 2 is 1.02 bits per heavy atom. The second kappa shape index (κ2) is 32.7. The van der Waals surface area contributed by atoms with Crippen LogP contribution in [0.1, 0.15) is 181 Å². The van der Waals surface area contributed by atoms with E-state index in [4.69, 9.17) is 9.84 Å². The minimum atomic E-state index is -0.724. The van der Waals surface area contributed by atoms with Crippen LogP contribution < -0.4 is 0 Å². The highest BCUT2D eigenvalue weighted by molar-refractivity contribution is 5.69. The Kier molecular flexibility index (Phi) is 31.2. The molecule has 0 aliphatic rings. The van der Waals surface area contributed by atoms with E-state index in [9.17, 15) is 9.59 Å². The van der Waals surface area contributed by atoms with Gasteiger partial charge in [-0.2, -0.15) is 0 Å².